The first-order valence-electron chi connectivity index (χ1n) is 8.40. The first-order chi connectivity index (χ1) is 12.1. The number of carbonyl (C=O) groups is 1. The number of likely N-dealkylation sites (N-methyl/N-ethyl adjacent to an activating group) is 1. The summed E-state index contributed by atoms with van der Waals surface area (Å²) in [6, 6.07) is 6.71. The van der Waals surface area contributed by atoms with Gasteiger partial charge >= 0.3 is 0 Å². The summed E-state index contributed by atoms with van der Waals surface area (Å²) in [5.74, 6) is -0.167. The van der Waals surface area contributed by atoms with Crippen molar-refractivity contribution in [2.75, 3.05) is 19.6 Å². The fraction of sp³-hybridized carbons (Fsp3) is 0.412. The van der Waals surface area contributed by atoms with Crippen molar-refractivity contribution in [3.8, 4) is 5.69 Å². The van der Waals surface area contributed by atoms with Gasteiger partial charge in [0.05, 0.1) is 22.4 Å². The summed E-state index contributed by atoms with van der Waals surface area (Å²) < 4.78 is 1.53. The predicted octanol–water partition coefficient (Wildman–Crippen LogP) is 1.99. The number of hydrogen-bond acceptors (Lipinski definition) is 5. The lowest BCUT2D eigenvalue weighted by atomic mass is 10.3. The first-order valence-corrected chi connectivity index (χ1v) is 8.40. The Labute approximate surface area is 145 Å². The summed E-state index contributed by atoms with van der Waals surface area (Å²) in [5, 5.41) is 17.8. The zero-order chi connectivity index (χ0) is 17.8. The van der Waals surface area contributed by atoms with E-state index in [2.05, 4.69) is 22.2 Å². The summed E-state index contributed by atoms with van der Waals surface area (Å²) in [4.78, 5) is 24.8. The number of aromatic nitrogens is 2. The molecule has 0 saturated heterocycles. The minimum Gasteiger partial charge on any atom is -0.351 e. The lowest BCUT2D eigenvalue weighted by Crippen LogP contribution is -2.36. The molecule has 3 rings (SSSR count). The summed E-state index contributed by atoms with van der Waals surface area (Å²) >= 11 is 0. The van der Waals surface area contributed by atoms with Gasteiger partial charge in [0.1, 0.15) is 0 Å². The third-order valence-electron chi connectivity index (χ3n) is 4.32. The fourth-order valence-corrected chi connectivity index (χ4v) is 2.76. The van der Waals surface area contributed by atoms with E-state index in [9.17, 15) is 14.9 Å². The summed E-state index contributed by atoms with van der Waals surface area (Å²) in [6.07, 6.45) is 5.62. The van der Waals surface area contributed by atoms with Crippen molar-refractivity contribution in [3.05, 3.63) is 52.3 Å². The van der Waals surface area contributed by atoms with Crippen LogP contribution in [-0.2, 0) is 0 Å². The van der Waals surface area contributed by atoms with Gasteiger partial charge in [-0.1, -0.05) is 6.92 Å². The lowest BCUT2D eigenvalue weighted by Gasteiger charge is -2.19. The van der Waals surface area contributed by atoms with Crippen molar-refractivity contribution in [1.82, 2.24) is 20.0 Å². The van der Waals surface area contributed by atoms with E-state index >= 15 is 0 Å². The highest BCUT2D eigenvalue weighted by molar-refractivity contribution is 5.93. The second kappa shape index (κ2) is 7.43. The van der Waals surface area contributed by atoms with E-state index in [1.807, 2.05) is 0 Å². The summed E-state index contributed by atoms with van der Waals surface area (Å²) in [7, 11) is 0. The molecule has 0 bridgehead atoms. The zero-order valence-electron chi connectivity index (χ0n) is 14.1. The number of carbonyl (C=O) groups excluding carboxylic acids is 1. The molecule has 2 aromatic rings. The number of non-ortho nitro benzene ring substituents is 1. The smallest absolute Gasteiger partial charge is 0.269 e. The van der Waals surface area contributed by atoms with Crippen molar-refractivity contribution in [1.29, 1.82) is 0 Å². The van der Waals surface area contributed by atoms with E-state index in [1.165, 1.54) is 35.9 Å². The first kappa shape index (κ1) is 17.1. The van der Waals surface area contributed by atoms with Crippen LogP contribution in [0.4, 0.5) is 5.69 Å². The van der Waals surface area contributed by atoms with Crippen LogP contribution in [0.25, 0.3) is 5.69 Å². The summed E-state index contributed by atoms with van der Waals surface area (Å²) in [5.41, 5.74) is 1.15. The molecule has 0 atom stereocenters. The number of amides is 1. The van der Waals surface area contributed by atoms with Crippen LogP contribution in [-0.4, -0.2) is 51.2 Å². The molecule has 25 heavy (non-hydrogen) atoms. The quantitative estimate of drug-likeness (QED) is 0.584. The normalized spacial score (nSPS) is 13.8. The molecule has 1 aliphatic rings. The van der Waals surface area contributed by atoms with Gasteiger partial charge in [-0.3, -0.25) is 19.8 Å². The van der Waals surface area contributed by atoms with Crippen molar-refractivity contribution in [2.45, 2.75) is 25.8 Å². The Balaban J connectivity index is 1.56. The van der Waals surface area contributed by atoms with Crippen molar-refractivity contribution >= 4 is 11.6 Å². The van der Waals surface area contributed by atoms with E-state index in [-0.39, 0.29) is 11.6 Å². The number of nitro benzene ring substituents is 1. The Morgan fingerprint density at radius 2 is 2.12 bits per heavy atom. The molecular weight excluding hydrogens is 322 g/mol. The number of hydrogen-bond donors (Lipinski definition) is 1. The maximum absolute atomic E-state index is 12.2. The molecule has 132 valence electrons. The van der Waals surface area contributed by atoms with Crippen LogP contribution in [0.2, 0.25) is 0 Å². The molecule has 0 spiro atoms. The standard InChI is InChI=1S/C17H21N5O3/c1-2-20(14-3-4-14)10-9-18-17(23)13-11-19-21(12-13)15-5-7-16(8-6-15)22(24)25/h5-8,11-12,14H,2-4,9-10H2,1H3,(H,18,23). The summed E-state index contributed by atoms with van der Waals surface area (Å²) in [6.45, 7) is 4.59. The van der Waals surface area contributed by atoms with Crippen LogP contribution in [0.3, 0.4) is 0 Å². The van der Waals surface area contributed by atoms with Gasteiger partial charge in [0, 0.05) is 37.5 Å². The van der Waals surface area contributed by atoms with Crippen molar-refractivity contribution < 1.29 is 9.72 Å². The molecule has 0 unspecified atom stereocenters. The molecule has 8 nitrogen and oxygen atoms in total. The van der Waals surface area contributed by atoms with Gasteiger partial charge < -0.3 is 5.32 Å². The largest absolute Gasteiger partial charge is 0.351 e. The van der Waals surface area contributed by atoms with E-state index in [0.717, 1.165) is 13.1 Å². The van der Waals surface area contributed by atoms with Crippen LogP contribution in [0.1, 0.15) is 30.1 Å². The van der Waals surface area contributed by atoms with Crippen LogP contribution in [0.5, 0.6) is 0 Å². The third-order valence-corrected chi connectivity index (χ3v) is 4.32. The van der Waals surface area contributed by atoms with Gasteiger partial charge in [-0.15, -0.1) is 0 Å². The van der Waals surface area contributed by atoms with Gasteiger partial charge in [-0.2, -0.15) is 5.10 Å². The van der Waals surface area contributed by atoms with E-state index < -0.39 is 4.92 Å². The van der Waals surface area contributed by atoms with Crippen molar-refractivity contribution in [3.63, 3.8) is 0 Å². The fourth-order valence-electron chi connectivity index (χ4n) is 2.76. The number of nitrogens with zero attached hydrogens (tertiary/aromatic N) is 4. The lowest BCUT2D eigenvalue weighted by molar-refractivity contribution is -0.384. The molecule has 8 heteroatoms. The highest BCUT2D eigenvalue weighted by atomic mass is 16.6. The molecular formula is C17H21N5O3. The second-order valence-corrected chi connectivity index (χ2v) is 6.06. The van der Waals surface area contributed by atoms with Crippen molar-refractivity contribution in [2.24, 2.45) is 0 Å². The van der Waals surface area contributed by atoms with Gasteiger partial charge in [0.25, 0.3) is 11.6 Å². The molecule has 1 amide bonds. The minimum absolute atomic E-state index is 0.0185. The highest BCUT2D eigenvalue weighted by Crippen LogP contribution is 2.25. The number of rotatable bonds is 8. The van der Waals surface area contributed by atoms with Gasteiger partial charge in [0.15, 0.2) is 0 Å². The highest BCUT2D eigenvalue weighted by Gasteiger charge is 2.27. The average molecular weight is 343 g/mol. The Kier molecular flexibility index (Phi) is 5.08. The van der Waals surface area contributed by atoms with Gasteiger partial charge in [0.2, 0.25) is 0 Å². The van der Waals surface area contributed by atoms with Crippen LogP contribution in [0, 0.1) is 10.1 Å². The SMILES string of the molecule is CCN(CCNC(=O)c1cnn(-c2ccc([N+](=O)[O-])cc2)c1)C1CC1. The molecule has 0 aliphatic heterocycles. The Morgan fingerprint density at radius 3 is 2.72 bits per heavy atom. The van der Waals surface area contributed by atoms with E-state index in [1.54, 1.807) is 18.3 Å². The number of benzene rings is 1. The van der Waals surface area contributed by atoms with Crippen LogP contribution < -0.4 is 5.32 Å². The molecule has 1 fully saturated rings. The minimum atomic E-state index is -0.451. The van der Waals surface area contributed by atoms with Crippen LogP contribution >= 0.6 is 0 Å². The van der Waals surface area contributed by atoms with Crippen LogP contribution in [0.15, 0.2) is 36.7 Å². The average Bonchev–Trinajstić information content (AvgIpc) is 3.34. The Hall–Kier alpha value is -2.74. The molecule has 1 aromatic heterocycles. The maximum Gasteiger partial charge on any atom is 0.269 e. The van der Waals surface area contributed by atoms with E-state index in [0.29, 0.717) is 23.8 Å². The topological polar surface area (TPSA) is 93.3 Å². The Morgan fingerprint density at radius 1 is 1.40 bits per heavy atom. The van der Waals surface area contributed by atoms with Gasteiger partial charge in [-0.25, -0.2) is 4.68 Å². The third kappa shape index (κ3) is 4.21. The zero-order valence-corrected chi connectivity index (χ0v) is 14.1. The van der Waals surface area contributed by atoms with E-state index in [4.69, 9.17) is 0 Å². The number of nitro groups is 1. The molecule has 1 aromatic carbocycles. The second-order valence-electron chi connectivity index (χ2n) is 6.06. The number of nitrogens with one attached hydrogen (secondary N) is 1. The molecule has 1 N–H and O–H groups in total. The molecule has 1 saturated carbocycles. The molecule has 1 heterocycles. The molecule has 1 aliphatic carbocycles. The van der Waals surface area contributed by atoms with Gasteiger partial charge in [-0.05, 0) is 31.5 Å². The monoisotopic (exact) mass is 343 g/mol. The predicted molar refractivity (Wildman–Crippen MR) is 92.8 cm³/mol. The Bertz CT molecular complexity index is 752. The maximum atomic E-state index is 12.2. The molecule has 0 radical (unpaired) electrons.